The summed E-state index contributed by atoms with van der Waals surface area (Å²) in [7, 11) is 0. The van der Waals surface area contributed by atoms with Gasteiger partial charge in [0.25, 0.3) is 0 Å². The largest absolute Gasteiger partial charge is 0.491 e. The van der Waals surface area contributed by atoms with Crippen LogP contribution < -0.4 is 4.74 Å². The topological polar surface area (TPSA) is 22.1 Å². The van der Waals surface area contributed by atoms with Crippen LogP contribution in [-0.2, 0) is 6.42 Å². The normalized spacial score (nSPS) is 11.2. The molecule has 33 heavy (non-hydrogen) atoms. The third-order valence-corrected chi connectivity index (χ3v) is 6.31. The van der Waals surface area contributed by atoms with E-state index in [-0.39, 0.29) is 5.82 Å². The highest BCUT2D eigenvalue weighted by molar-refractivity contribution is 5.82. The lowest BCUT2D eigenvalue weighted by atomic mass is 10.0. The number of benzene rings is 2. The SMILES string of the molecule is CCCCCCCCOc1ccc(-c2ccc3cc(CCCCCCC)ccc3n2)cc1F. The van der Waals surface area contributed by atoms with Crippen molar-refractivity contribution in [1.82, 2.24) is 4.98 Å². The van der Waals surface area contributed by atoms with Gasteiger partial charge in [-0.05, 0) is 61.2 Å². The first kappa shape index (κ1) is 25.2. The molecule has 0 fully saturated rings. The van der Waals surface area contributed by atoms with Crippen LogP contribution in [-0.4, -0.2) is 11.6 Å². The number of hydrogen-bond donors (Lipinski definition) is 0. The summed E-state index contributed by atoms with van der Waals surface area (Å²) in [5, 5.41) is 1.14. The Hall–Kier alpha value is -2.42. The Morgan fingerprint density at radius 2 is 1.45 bits per heavy atom. The highest BCUT2D eigenvalue weighted by atomic mass is 19.1. The minimum absolute atomic E-state index is 0.321. The van der Waals surface area contributed by atoms with Crippen LogP contribution in [0.1, 0.15) is 90.0 Å². The van der Waals surface area contributed by atoms with Crippen LogP contribution in [0.25, 0.3) is 22.2 Å². The fraction of sp³-hybridized carbons (Fsp3) is 0.500. The number of aromatic nitrogens is 1. The minimum Gasteiger partial charge on any atom is -0.491 e. The molecular formula is C30H40FNO. The highest BCUT2D eigenvalue weighted by Gasteiger charge is 2.08. The van der Waals surface area contributed by atoms with Gasteiger partial charge in [-0.1, -0.05) is 83.8 Å². The summed E-state index contributed by atoms with van der Waals surface area (Å²) in [4.78, 5) is 4.78. The Labute approximate surface area is 199 Å². The number of rotatable bonds is 15. The zero-order valence-electron chi connectivity index (χ0n) is 20.5. The molecule has 0 aliphatic carbocycles. The van der Waals surface area contributed by atoms with Gasteiger partial charge in [0, 0.05) is 10.9 Å². The molecule has 0 amide bonds. The van der Waals surface area contributed by atoms with Crippen LogP contribution in [0.4, 0.5) is 4.39 Å². The van der Waals surface area contributed by atoms with Gasteiger partial charge in [-0.15, -0.1) is 0 Å². The number of aryl methyl sites for hydroxylation is 1. The van der Waals surface area contributed by atoms with E-state index in [1.807, 2.05) is 12.1 Å². The van der Waals surface area contributed by atoms with Crippen molar-refractivity contribution in [3.05, 3.63) is 59.9 Å². The van der Waals surface area contributed by atoms with E-state index in [1.165, 1.54) is 69.4 Å². The Morgan fingerprint density at radius 1 is 0.727 bits per heavy atom. The molecular weight excluding hydrogens is 409 g/mol. The van der Waals surface area contributed by atoms with Gasteiger partial charge in [0.2, 0.25) is 0 Å². The zero-order valence-corrected chi connectivity index (χ0v) is 20.5. The molecule has 0 atom stereocenters. The van der Waals surface area contributed by atoms with Crippen molar-refractivity contribution in [3.8, 4) is 17.0 Å². The van der Waals surface area contributed by atoms with Gasteiger partial charge >= 0.3 is 0 Å². The fourth-order valence-electron chi connectivity index (χ4n) is 4.27. The molecule has 2 nitrogen and oxygen atoms in total. The summed E-state index contributed by atoms with van der Waals surface area (Å²) >= 11 is 0. The van der Waals surface area contributed by atoms with Crippen LogP contribution in [0.2, 0.25) is 0 Å². The fourth-order valence-corrected chi connectivity index (χ4v) is 4.27. The van der Waals surface area contributed by atoms with Gasteiger partial charge in [0.05, 0.1) is 17.8 Å². The predicted octanol–water partition coefficient (Wildman–Crippen LogP) is 9.29. The zero-order chi connectivity index (χ0) is 23.3. The number of ether oxygens (including phenoxy) is 1. The summed E-state index contributed by atoms with van der Waals surface area (Å²) in [5.41, 5.74) is 3.88. The molecule has 3 heteroatoms. The maximum absolute atomic E-state index is 14.6. The van der Waals surface area contributed by atoms with Crippen molar-refractivity contribution < 1.29 is 9.13 Å². The van der Waals surface area contributed by atoms with Gasteiger partial charge in [-0.2, -0.15) is 0 Å². The number of unbranched alkanes of at least 4 members (excludes halogenated alkanes) is 9. The predicted molar refractivity (Wildman–Crippen MR) is 138 cm³/mol. The number of nitrogens with zero attached hydrogens (tertiary/aromatic N) is 1. The van der Waals surface area contributed by atoms with E-state index < -0.39 is 0 Å². The van der Waals surface area contributed by atoms with Crippen molar-refractivity contribution in [3.63, 3.8) is 0 Å². The lowest BCUT2D eigenvalue weighted by Gasteiger charge is -2.10. The molecule has 0 radical (unpaired) electrons. The van der Waals surface area contributed by atoms with Crippen molar-refractivity contribution in [2.45, 2.75) is 90.9 Å². The molecule has 3 rings (SSSR count). The number of fused-ring (bicyclic) bond motifs is 1. The second-order valence-corrected chi connectivity index (χ2v) is 9.15. The molecule has 0 unspecified atom stereocenters. The summed E-state index contributed by atoms with van der Waals surface area (Å²) in [6, 6.07) is 15.8. The van der Waals surface area contributed by atoms with Crippen LogP contribution in [0.15, 0.2) is 48.5 Å². The van der Waals surface area contributed by atoms with Gasteiger partial charge in [-0.3, -0.25) is 0 Å². The lowest BCUT2D eigenvalue weighted by Crippen LogP contribution is -1.99. The Balaban J connectivity index is 1.56. The van der Waals surface area contributed by atoms with E-state index in [4.69, 9.17) is 9.72 Å². The molecule has 0 bridgehead atoms. The first-order chi connectivity index (χ1) is 16.2. The minimum atomic E-state index is -0.321. The Kier molecular flexibility index (Phi) is 10.7. The molecule has 178 valence electrons. The molecule has 3 aromatic rings. The summed E-state index contributed by atoms with van der Waals surface area (Å²) in [6.45, 7) is 5.03. The Bertz CT molecular complexity index is 984. The Morgan fingerprint density at radius 3 is 2.21 bits per heavy atom. The lowest BCUT2D eigenvalue weighted by molar-refractivity contribution is 0.290. The van der Waals surface area contributed by atoms with Crippen LogP contribution >= 0.6 is 0 Å². The molecule has 2 aromatic carbocycles. The number of hydrogen-bond acceptors (Lipinski definition) is 2. The third kappa shape index (κ3) is 8.14. The average molecular weight is 450 g/mol. The molecule has 0 aliphatic heterocycles. The third-order valence-electron chi connectivity index (χ3n) is 6.31. The molecule has 1 heterocycles. The van der Waals surface area contributed by atoms with E-state index in [9.17, 15) is 4.39 Å². The summed E-state index contributed by atoms with van der Waals surface area (Å²) in [6.07, 6.45) is 14.8. The molecule has 0 spiro atoms. The van der Waals surface area contributed by atoms with Gasteiger partial charge in [-0.25, -0.2) is 9.37 Å². The molecule has 0 N–H and O–H groups in total. The van der Waals surface area contributed by atoms with Gasteiger partial charge in [0.1, 0.15) is 0 Å². The summed E-state index contributed by atoms with van der Waals surface area (Å²) in [5.74, 6) is 0.00970. The highest BCUT2D eigenvalue weighted by Crippen LogP contribution is 2.27. The average Bonchev–Trinajstić information content (AvgIpc) is 2.84. The maximum Gasteiger partial charge on any atom is 0.165 e. The molecule has 1 aromatic heterocycles. The second kappa shape index (κ2) is 14.0. The monoisotopic (exact) mass is 449 g/mol. The van der Waals surface area contributed by atoms with E-state index in [0.29, 0.717) is 12.4 Å². The van der Waals surface area contributed by atoms with E-state index in [0.717, 1.165) is 41.4 Å². The van der Waals surface area contributed by atoms with Gasteiger partial charge in [0.15, 0.2) is 11.6 Å². The van der Waals surface area contributed by atoms with Crippen LogP contribution in [0, 0.1) is 5.82 Å². The van der Waals surface area contributed by atoms with E-state index in [2.05, 4.69) is 38.1 Å². The quantitative estimate of drug-likeness (QED) is 0.216. The number of halogens is 1. The summed E-state index contributed by atoms with van der Waals surface area (Å²) < 4.78 is 20.3. The molecule has 0 saturated carbocycles. The van der Waals surface area contributed by atoms with Crippen molar-refractivity contribution >= 4 is 10.9 Å². The van der Waals surface area contributed by atoms with E-state index in [1.54, 1.807) is 6.07 Å². The number of pyridine rings is 1. The van der Waals surface area contributed by atoms with Gasteiger partial charge < -0.3 is 4.74 Å². The maximum atomic E-state index is 14.6. The van der Waals surface area contributed by atoms with Crippen molar-refractivity contribution in [2.75, 3.05) is 6.61 Å². The molecule has 0 saturated heterocycles. The standard InChI is InChI=1S/C30H40FNO/c1-3-5-7-9-11-13-21-33-30-20-17-26(23-27(30)31)29-19-16-25-22-24(15-18-28(25)32-29)14-12-10-8-6-4-2/h15-20,22-23H,3-14,21H2,1-2H3. The smallest absolute Gasteiger partial charge is 0.165 e. The van der Waals surface area contributed by atoms with Crippen molar-refractivity contribution in [1.29, 1.82) is 0 Å². The van der Waals surface area contributed by atoms with Crippen LogP contribution in [0.5, 0.6) is 5.75 Å². The first-order valence-electron chi connectivity index (χ1n) is 13.0. The first-order valence-corrected chi connectivity index (χ1v) is 13.0. The van der Waals surface area contributed by atoms with E-state index >= 15 is 0 Å². The second-order valence-electron chi connectivity index (χ2n) is 9.15. The molecule has 0 aliphatic rings. The van der Waals surface area contributed by atoms with Crippen molar-refractivity contribution in [2.24, 2.45) is 0 Å². The van der Waals surface area contributed by atoms with Crippen LogP contribution in [0.3, 0.4) is 0 Å².